The minimum Gasteiger partial charge on any atom is -0.494 e. The molecule has 0 saturated carbocycles. The van der Waals surface area contributed by atoms with E-state index in [4.69, 9.17) is 14.6 Å². The molecule has 1 aromatic rings. The number of aliphatic carboxylic acids is 1. The molecule has 3 aliphatic rings. The lowest BCUT2D eigenvalue weighted by Gasteiger charge is -2.43. The first-order valence-corrected chi connectivity index (χ1v) is 10.4. The number of aliphatic hydroxyl groups is 1. The van der Waals surface area contributed by atoms with Crippen LogP contribution < -0.4 is 5.32 Å². The Balaban J connectivity index is 1.87. The van der Waals surface area contributed by atoms with E-state index < -0.39 is 35.0 Å². The molecule has 1 aromatic carbocycles. The van der Waals surface area contributed by atoms with Crippen LogP contribution in [0.1, 0.15) is 30.9 Å². The van der Waals surface area contributed by atoms with E-state index in [0.29, 0.717) is 23.6 Å². The van der Waals surface area contributed by atoms with Gasteiger partial charge in [0.2, 0.25) is 5.78 Å². The molecule has 4 rings (SSSR count). The molecular formula is C24H24FNO6. The third kappa shape index (κ3) is 3.31. The van der Waals surface area contributed by atoms with Gasteiger partial charge in [0, 0.05) is 11.8 Å². The van der Waals surface area contributed by atoms with Gasteiger partial charge in [0.15, 0.2) is 5.76 Å². The first-order valence-electron chi connectivity index (χ1n) is 10.4. The summed E-state index contributed by atoms with van der Waals surface area (Å²) >= 11 is 0. The Morgan fingerprint density at radius 2 is 1.97 bits per heavy atom. The maximum atomic E-state index is 15.1. The van der Waals surface area contributed by atoms with Crippen LogP contribution in [0.15, 0.2) is 65.4 Å². The third-order valence-corrected chi connectivity index (χ3v) is 5.93. The smallest absolute Gasteiger partial charge is 0.307 e. The molecule has 1 aliphatic heterocycles. The molecule has 168 valence electrons. The van der Waals surface area contributed by atoms with Crippen LogP contribution >= 0.6 is 0 Å². The van der Waals surface area contributed by atoms with Gasteiger partial charge in [-0.25, -0.2) is 4.39 Å². The summed E-state index contributed by atoms with van der Waals surface area (Å²) in [6, 6.07) is 3.91. The van der Waals surface area contributed by atoms with Gasteiger partial charge in [-0.15, -0.1) is 0 Å². The number of allylic oxidation sites excluding steroid dienone is 3. The SMILES string of the molecule is CCOC1=CC23C(=CNC2=C(OCC)C(=O)C(c2ccc(CC(=O)O)cc2F)C3O)C=C1. The number of hydrogen-bond donors (Lipinski definition) is 3. The Hall–Kier alpha value is -3.39. The molecule has 0 amide bonds. The average molecular weight is 441 g/mol. The summed E-state index contributed by atoms with van der Waals surface area (Å²) in [5, 5.41) is 23.6. The van der Waals surface area contributed by atoms with Crippen molar-refractivity contribution in [3.05, 3.63) is 82.4 Å². The maximum absolute atomic E-state index is 15.1. The van der Waals surface area contributed by atoms with Crippen molar-refractivity contribution in [1.29, 1.82) is 0 Å². The number of nitrogens with one attached hydrogen (secondary N) is 1. The fourth-order valence-electron chi connectivity index (χ4n) is 4.61. The van der Waals surface area contributed by atoms with Gasteiger partial charge in [-0.1, -0.05) is 18.2 Å². The third-order valence-electron chi connectivity index (χ3n) is 5.93. The van der Waals surface area contributed by atoms with Gasteiger partial charge in [0.05, 0.1) is 42.8 Å². The highest BCUT2D eigenvalue weighted by molar-refractivity contribution is 6.02. The van der Waals surface area contributed by atoms with E-state index in [1.165, 1.54) is 12.1 Å². The fraction of sp³-hybridized carbons (Fsp3) is 0.333. The molecule has 0 radical (unpaired) electrons. The number of Topliss-reactive ketones (excluding diaryl/α,β-unsaturated/α-hetero) is 1. The molecule has 0 fully saturated rings. The van der Waals surface area contributed by atoms with Gasteiger partial charge in [0.1, 0.15) is 11.6 Å². The molecule has 3 N–H and O–H groups in total. The van der Waals surface area contributed by atoms with E-state index in [1.54, 1.807) is 31.4 Å². The molecule has 3 unspecified atom stereocenters. The zero-order valence-electron chi connectivity index (χ0n) is 17.7. The van der Waals surface area contributed by atoms with Gasteiger partial charge in [-0.2, -0.15) is 0 Å². The van der Waals surface area contributed by atoms with E-state index in [0.717, 1.165) is 6.07 Å². The first kappa shape index (κ1) is 21.8. The van der Waals surface area contributed by atoms with Crippen molar-refractivity contribution in [3.63, 3.8) is 0 Å². The van der Waals surface area contributed by atoms with Crippen LogP contribution in [0.4, 0.5) is 4.39 Å². The van der Waals surface area contributed by atoms with Gasteiger partial charge in [-0.3, -0.25) is 9.59 Å². The number of carboxylic acids is 1. The Kier molecular flexibility index (Phi) is 5.64. The molecule has 0 bridgehead atoms. The van der Waals surface area contributed by atoms with Crippen LogP contribution in [-0.4, -0.2) is 41.3 Å². The Bertz CT molecular complexity index is 1100. The largest absolute Gasteiger partial charge is 0.494 e. The molecule has 8 heteroatoms. The lowest BCUT2D eigenvalue weighted by atomic mass is 9.62. The number of rotatable bonds is 7. The molecule has 3 atom stereocenters. The Labute approximate surface area is 184 Å². The number of ketones is 1. The van der Waals surface area contributed by atoms with Crippen molar-refractivity contribution >= 4 is 11.8 Å². The average Bonchev–Trinajstić information content (AvgIpc) is 3.13. The summed E-state index contributed by atoms with van der Waals surface area (Å²) in [5.74, 6) is -3.10. The lowest BCUT2D eigenvalue weighted by molar-refractivity contribution is -0.136. The van der Waals surface area contributed by atoms with Crippen molar-refractivity contribution in [3.8, 4) is 0 Å². The zero-order valence-corrected chi connectivity index (χ0v) is 17.7. The van der Waals surface area contributed by atoms with Crippen molar-refractivity contribution in [2.45, 2.75) is 32.3 Å². The lowest BCUT2D eigenvalue weighted by Crippen LogP contribution is -2.49. The van der Waals surface area contributed by atoms with Gasteiger partial charge < -0.3 is 25.0 Å². The first-order chi connectivity index (χ1) is 15.3. The van der Waals surface area contributed by atoms with E-state index in [2.05, 4.69) is 5.32 Å². The second-order valence-corrected chi connectivity index (χ2v) is 7.78. The normalized spacial score (nSPS) is 26.1. The van der Waals surface area contributed by atoms with E-state index in [1.807, 2.05) is 6.92 Å². The van der Waals surface area contributed by atoms with Crippen molar-refractivity contribution in [1.82, 2.24) is 5.32 Å². The highest BCUT2D eigenvalue weighted by atomic mass is 19.1. The number of hydrogen-bond acceptors (Lipinski definition) is 6. The highest BCUT2D eigenvalue weighted by Crippen LogP contribution is 2.55. The standard InChI is InChI=1S/C24H24FNO6/c1-3-31-15-7-6-14-12-26-22-21(32-4-2)20(29)19(23(30)24(14,22)11-15)16-8-5-13(9-17(16)25)10-18(27)28/h5-9,11-12,19,23,26,30H,3-4,10H2,1-2H3,(H,27,28). The van der Waals surface area contributed by atoms with Crippen LogP contribution in [-0.2, 0) is 25.5 Å². The quantitative estimate of drug-likeness (QED) is 0.598. The molecule has 1 spiro atoms. The summed E-state index contributed by atoms with van der Waals surface area (Å²) in [6.45, 7) is 4.19. The number of carbonyl (C=O) groups is 2. The monoisotopic (exact) mass is 441 g/mol. The van der Waals surface area contributed by atoms with Crippen LogP contribution in [0.5, 0.6) is 0 Å². The number of benzene rings is 1. The Morgan fingerprint density at radius 3 is 2.62 bits per heavy atom. The molecule has 0 saturated heterocycles. The number of halogens is 1. The molecule has 0 aromatic heterocycles. The summed E-state index contributed by atoms with van der Waals surface area (Å²) in [6.07, 6.45) is 5.28. The highest BCUT2D eigenvalue weighted by Gasteiger charge is 2.58. The minimum absolute atomic E-state index is 0.0190. The second-order valence-electron chi connectivity index (χ2n) is 7.78. The Morgan fingerprint density at radius 1 is 1.22 bits per heavy atom. The predicted octanol–water partition coefficient (Wildman–Crippen LogP) is 2.69. The van der Waals surface area contributed by atoms with Crippen LogP contribution in [0.25, 0.3) is 0 Å². The molecular weight excluding hydrogens is 417 g/mol. The number of carboxylic acid groups (broad SMARTS) is 1. The summed E-state index contributed by atoms with van der Waals surface area (Å²) in [5.41, 5.74) is 0.162. The van der Waals surface area contributed by atoms with Crippen LogP contribution in [0.2, 0.25) is 0 Å². The zero-order chi connectivity index (χ0) is 23.0. The predicted molar refractivity (Wildman–Crippen MR) is 113 cm³/mol. The van der Waals surface area contributed by atoms with Gasteiger partial charge in [-0.05, 0) is 43.2 Å². The van der Waals surface area contributed by atoms with E-state index >= 15 is 4.39 Å². The van der Waals surface area contributed by atoms with E-state index in [-0.39, 0.29) is 29.9 Å². The van der Waals surface area contributed by atoms with Crippen molar-refractivity contribution in [2.24, 2.45) is 5.41 Å². The second kappa shape index (κ2) is 8.27. The van der Waals surface area contributed by atoms with Gasteiger partial charge >= 0.3 is 5.97 Å². The maximum Gasteiger partial charge on any atom is 0.307 e. The number of aliphatic hydroxyl groups excluding tert-OH is 1. The fourth-order valence-corrected chi connectivity index (χ4v) is 4.61. The summed E-state index contributed by atoms with van der Waals surface area (Å²) in [7, 11) is 0. The van der Waals surface area contributed by atoms with Crippen molar-refractivity contribution < 1.29 is 33.7 Å². The summed E-state index contributed by atoms with van der Waals surface area (Å²) < 4.78 is 26.5. The topological polar surface area (TPSA) is 105 Å². The van der Waals surface area contributed by atoms with Crippen LogP contribution in [0, 0.1) is 11.2 Å². The molecule has 2 aliphatic carbocycles. The molecule has 1 heterocycles. The molecule has 32 heavy (non-hydrogen) atoms. The minimum atomic E-state index is -1.35. The number of ether oxygens (including phenoxy) is 2. The summed E-state index contributed by atoms with van der Waals surface area (Å²) in [4.78, 5) is 24.4. The van der Waals surface area contributed by atoms with Crippen molar-refractivity contribution in [2.75, 3.05) is 13.2 Å². The van der Waals surface area contributed by atoms with Gasteiger partial charge in [0.25, 0.3) is 0 Å². The molecule has 7 nitrogen and oxygen atoms in total. The van der Waals surface area contributed by atoms with Crippen LogP contribution in [0.3, 0.4) is 0 Å². The number of carbonyl (C=O) groups excluding carboxylic acids is 1. The van der Waals surface area contributed by atoms with E-state index in [9.17, 15) is 14.7 Å².